The molecule has 51 heavy (non-hydrogen) atoms. The number of rotatable bonds is 3. The zero-order valence-corrected chi connectivity index (χ0v) is 27.7. The molecule has 1 heteroatoms. The Hall–Kier alpha value is -6.70. The van der Waals surface area contributed by atoms with Gasteiger partial charge in [-0.1, -0.05) is 152 Å². The van der Waals surface area contributed by atoms with Crippen LogP contribution in [0.2, 0.25) is 0 Å². The molecule has 0 aliphatic rings. The van der Waals surface area contributed by atoms with E-state index in [2.05, 4.69) is 182 Å². The summed E-state index contributed by atoms with van der Waals surface area (Å²) in [4.78, 5) is 0. The third kappa shape index (κ3) is 4.28. The van der Waals surface area contributed by atoms with E-state index in [9.17, 15) is 0 Å². The summed E-state index contributed by atoms with van der Waals surface area (Å²) in [5, 5.41) is 14.7. The van der Waals surface area contributed by atoms with Crippen molar-refractivity contribution in [3.05, 3.63) is 182 Å². The first-order chi connectivity index (χ1) is 25.3. The molecule has 10 aromatic carbocycles. The first-order valence-corrected chi connectivity index (χ1v) is 17.6. The van der Waals surface area contributed by atoms with Gasteiger partial charge in [-0.2, -0.15) is 0 Å². The molecule has 0 N–H and O–H groups in total. The summed E-state index contributed by atoms with van der Waals surface area (Å²) >= 11 is 0. The van der Waals surface area contributed by atoms with Crippen molar-refractivity contribution in [2.24, 2.45) is 0 Å². The lowest BCUT2D eigenvalue weighted by molar-refractivity contribution is 0.670. The second-order valence-corrected chi connectivity index (χ2v) is 13.6. The third-order valence-electron chi connectivity index (χ3n) is 10.8. The van der Waals surface area contributed by atoms with Crippen LogP contribution in [0.3, 0.4) is 0 Å². The Bertz CT molecular complexity index is 3130. The molecule has 1 nitrogen and oxygen atoms in total. The number of furan rings is 1. The van der Waals surface area contributed by atoms with Crippen LogP contribution in [-0.2, 0) is 0 Å². The number of hydrogen-bond donors (Lipinski definition) is 0. The lowest BCUT2D eigenvalue weighted by atomic mass is 9.85. The number of benzene rings is 10. The van der Waals surface area contributed by atoms with Crippen LogP contribution < -0.4 is 0 Å². The predicted molar refractivity (Wildman–Crippen MR) is 218 cm³/mol. The van der Waals surface area contributed by atoms with Gasteiger partial charge in [0, 0.05) is 10.8 Å². The molecule has 1 heterocycles. The first kappa shape index (κ1) is 28.2. The van der Waals surface area contributed by atoms with Crippen LogP contribution in [0.4, 0.5) is 0 Å². The van der Waals surface area contributed by atoms with Gasteiger partial charge in [-0.25, -0.2) is 0 Å². The quantitative estimate of drug-likeness (QED) is 0.174. The van der Waals surface area contributed by atoms with E-state index < -0.39 is 0 Å². The highest BCUT2D eigenvalue weighted by atomic mass is 16.3. The van der Waals surface area contributed by atoms with Gasteiger partial charge in [0.05, 0.1) is 0 Å². The molecule has 236 valence electrons. The molecule has 0 aliphatic heterocycles. The van der Waals surface area contributed by atoms with Gasteiger partial charge in [0.25, 0.3) is 0 Å². The molecule has 0 saturated heterocycles. The van der Waals surface area contributed by atoms with Crippen molar-refractivity contribution < 1.29 is 4.42 Å². The van der Waals surface area contributed by atoms with Gasteiger partial charge in [0.2, 0.25) is 0 Å². The molecular formula is C50H30O. The van der Waals surface area contributed by atoms with Crippen LogP contribution >= 0.6 is 0 Å². The van der Waals surface area contributed by atoms with Crippen molar-refractivity contribution in [3.63, 3.8) is 0 Å². The Balaban J connectivity index is 1.09. The lowest BCUT2D eigenvalue weighted by Crippen LogP contribution is -1.91. The maximum absolute atomic E-state index is 6.59. The van der Waals surface area contributed by atoms with Crippen LogP contribution in [0.15, 0.2) is 186 Å². The molecule has 0 fully saturated rings. The van der Waals surface area contributed by atoms with Crippen LogP contribution in [0.25, 0.3) is 109 Å². The summed E-state index contributed by atoms with van der Waals surface area (Å²) in [7, 11) is 0. The Morgan fingerprint density at radius 3 is 1.43 bits per heavy atom. The molecule has 0 bridgehead atoms. The number of hydrogen-bond acceptors (Lipinski definition) is 1. The largest absolute Gasteiger partial charge is 0.456 e. The van der Waals surface area contributed by atoms with E-state index in [0.29, 0.717) is 0 Å². The molecule has 0 saturated carbocycles. The average molecular weight is 647 g/mol. The molecule has 0 radical (unpaired) electrons. The van der Waals surface area contributed by atoms with Crippen LogP contribution in [-0.4, -0.2) is 0 Å². The van der Waals surface area contributed by atoms with E-state index in [4.69, 9.17) is 4.42 Å². The molecule has 0 unspecified atom stereocenters. The summed E-state index contributed by atoms with van der Waals surface area (Å²) in [6, 6.07) is 66.3. The normalized spacial score (nSPS) is 11.9. The molecule has 11 aromatic rings. The minimum absolute atomic E-state index is 0.919. The minimum Gasteiger partial charge on any atom is -0.456 e. The fourth-order valence-electron chi connectivity index (χ4n) is 8.49. The fraction of sp³-hybridized carbons (Fsp3) is 0. The van der Waals surface area contributed by atoms with E-state index in [-0.39, 0.29) is 0 Å². The Kier molecular flexibility index (Phi) is 6.02. The molecule has 0 amide bonds. The van der Waals surface area contributed by atoms with Gasteiger partial charge in [-0.3, -0.25) is 0 Å². The Morgan fingerprint density at radius 1 is 0.275 bits per heavy atom. The molecule has 0 aliphatic carbocycles. The molecular weight excluding hydrogens is 617 g/mol. The van der Waals surface area contributed by atoms with E-state index in [0.717, 1.165) is 16.6 Å². The molecule has 11 rings (SSSR count). The smallest absolute Gasteiger partial charge is 0.136 e. The Labute approximate surface area is 294 Å². The highest BCUT2D eigenvalue weighted by Gasteiger charge is 2.18. The maximum Gasteiger partial charge on any atom is 0.136 e. The van der Waals surface area contributed by atoms with Crippen molar-refractivity contribution in [1.82, 2.24) is 0 Å². The monoisotopic (exact) mass is 646 g/mol. The van der Waals surface area contributed by atoms with Gasteiger partial charge < -0.3 is 4.42 Å². The predicted octanol–water partition coefficient (Wildman–Crippen LogP) is 14.4. The highest BCUT2D eigenvalue weighted by Crippen LogP contribution is 2.45. The van der Waals surface area contributed by atoms with Crippen molar-refractivity contribution in [2.75, 3.05) is 0 Å². The van der Waals surface area contributed by atoms with Crippen molar-refractivity contribution in [3.8, 4) is 33.4 Å². The summed E-state index contributed by atoms with van der Waals surface area (Å²) in [6.07, 6.45) is 0. The van der Waals surface area contributed by atoms with Crippen molar-refractivity contribution >= 4 is 75.8 Å². The van der Waals surface area contributed by atoms with Crippen molar-refractivity contribution in [1.29, 1.82) is 0 Å². The van der Waals surface area contributed by atoms with Gasteiger partial charge in [-0.15, -0.1) is 0 Å². The van der Waals surface area contributed by atoms with Gasteiger partial charge >= 0.3 is 0 Å². The van der Waals surface area contributed by atoms with Crippen LogP contribution in [0.1, 0.15) is 0 Å². The minimum atomic E-state index is 0.919. The molecule has 0 spiro atoms. The average Bonchev–Trinajstić information content (AvgIpc) is 3.56. The van der Waals surface area contributed by atoms with E-state index in [1.54, 1.807) is 0 Å². The zero-order chi connectivity index (χ0) is 33.5. The summed E-state index contributed by atoms with van der Waals surface area (Å²) in [5.74, 6) is 0. The van der Waals surface area contributed by atoms with Crippen molar-refractivity contribution in [2.45, 2.75) is 0 Å². The molecule has 0 atom stereocenters. The zero-order valence-electron chi connectivity index (χ0n) is 27.7. The van der Waals surface area contributed by atoms with E-state index in [1.807, 2.05) is 0 Å². The molecule has 1 aromatic heterocycles. The second kappa shape index (κ2) is 10.9. The SMILES string of the molecule is c1ccc(-c2c3ccccc3c(-c3ccc4cc(-c5cc6oc7cc8ccccc8cc7c6c6ccccc56)ccc4c3)c3ccccc23)cc1. The topological polar surface area (TPSA) is 13.1 Å². The summed E-state index contributed by atoms with van der Waals surface area (Å²) in [6.45, 7) is 0. The fourth-order valence-corrected chi connectivity index (χ4v) is 8.49. The Morgan fingerprint density at radius 2 is 0.765 bits per heavy atom. The maximum atomic E-state index is 6.59. The van der Waals surface area contributed by atoms with Crippen LogP contribution in [0, 0.1) is 0 Å². The van der Waals surface area contributed by atoms with E-state index in [1.165, 1.54) is 92.6 Å². The van der Waals surface area contributed by atoms with Gasteiger partial charge in [-0.05, 0) is 118 Å². The lowest BCUT2D eigenvalue weighted by Gasteiger charge is -2.18. The first-order valence-electron chi connectivity index (χ1n) is 17.6. The van der Waals surface area contributed by atoms with Gasteiger partial charge in [0.15, 0.2) is 0 Å². The standard InChI is InChI=1S/C50H30O/c1-2-12-31(13-3-1)48-40-18-8-10-20-42(40)49(43-21-11-9-19-41(43)48)37-25-23-34-26-36(24-22-35(34)27-37)44-30-47-50(39-17-7-6-16-38(39)44)45-28-32-14-4-5-15-33(32)29-46(45)51-47/h1-30H. The van der Waals surface area contributed by atoms with Crippen LogP contribution in [0.5, 0.6) is 0 Å². The van der Waals surface area contributed by atoms with E-state index >= 15 is 0 Å². The number of fused-ring (bicyclic) bond motifs is 9. The van der Waals surface area contributed by atoms with Gasteiger partial charge in [0.1, 0.15) is 11.2 Å². The third-order valence-corrected chi connectivity index (χ3v) is 10.8. The summed E-state index contributed by atoms with van der Waals surface area (Å²) < 4.78 is 6.59. The second-order valence-electron chi connectivity index (χ2n) is 13.6. The highest BCUT2D eigenvalue weighted by molar-refractivity contribution is 6.24. The summed E-state index contributed by atoms with van der Waals surface area (Å²) in [5.41, 5.74) is 9.24.